The lowest BCUT2D eigenvalue weighted by molar-refractivity contribution is -0.130. The zero-order valence-electron chi connectivity index (χ0n) is 10.5. The lowest BCUT2D eigenvalue weighted by Crippen LogP contribution is -2.38. The molecule has 5 nitrogen and oxygen atoms in total. The Hall–Kier alpha value is -1.40. The Morgan fingerprint density at radius 2 is 1.95 bits per heavy atom. The third-order valence-corrected chi connectivity index (χ3v) is 5.53. The predicted octanol–water partition coefficient (Wildman–Crippen LogP) is 0.304. The first kappa shape index (κ1) is 12.6. The van der Waals surface area contributed by atoms with Crippen molar-refractivity contribution in [3.63, 3.8) is 0 Å². The van der Waals surface area contributed by atoms with E-state index in [4.69, 9.17) is 0 Å². The zero-order valence-corrected chi connectivity index (χ0v) is 11.3. The SMILES string of the molecule is O=C1C(c2ccccc2)NCN1C1CCS(=O)(=O)C1. The van der Waals surface area contributed by atoms with Gasteiger partial charge in [0.05, 0.1) is 18.2 Å². The highest BCUT2D eigenvalue weighted by Gasteiger charge is 2.40. The first-order valence-corrected chi connectivity index (χ1v) is 8.18. The topological polar surface area (TPSA) is 66.5 Å². The molecule has 2 heterocycles. The molecule has 0 saturated carbocycles. The Balaban J connectivity index is 1.76. The van der Waals surface area contributed by atoms with Gasteiger partial charge < -0.3 is 4.90 Å². The van der Waals surface area contributed by atoms with E-state index < -0.39 is 9.84 Å². The number of hydrogen-bond donors (Lipinski definition) is 1. The fourth-order valence-electron chi connectivity index (χ4n) is 2.76. The second kappa shape index (κ2) is 4.61. The molecule has 1 aromatic rings. The van der Waals surface area contributed by atoms with Gasteiger partial charge in [-0.2, -0.15) is 0 Å². The van der Waals surface area contributed by atoms with Crippen LogP contribution in [-0.4, -0.2) is 43.4 Å². The molecule has 0 aliphatic carbocycles. The monoisotopic (exact) mass is 280 g/mol. The molecule has 19 heavy (non-hydrogen) atoms. The van der Waals surface area contributed by atoms with Crippen LogP contribution in [0, 0.1) is 0 Å². The van der Waals surface area contributed by atoms with Gasteiger partial charge in [0.1, 0.15) is 6.04 Å². The van der Waals surface area contributed by atoms with Gasteiger partial charge in [0, 0.05) is 6.04 Å². The third kappa shape index (κ3) is 2.37. The first-order chi connectivity index (χ1) is 9.07. The Morgan fingerprint density at radius 3 is 2.58 bits per heavy atom. The van der Waals surface area contributed by atoms with E-state index >= 15 is 0 Å². The average molecular weight is 280 g/mol. The number of amides is 1. The van der Waals surface area contributed by atoms with Crippen LogP contribution in [0.4, 0.5) is 0 Å². The fourth-order valence-corrected chi connectivity index (χ4v) is 4.49. The van der Waals surface area contributed by atoms with Gasteiger partial charge >= 0.3 is 0 Å². The lowest BCUT2D eigenvalue weighted by atomic mass is 10.1. The Morgan fingerprint density at radius 1 is 1.21 bits per heavy atom. The second-order valence-electron chi connectivity index (χ2n) is 5.07. The number of rotatable bonds is 2. The summed E-state index contributed by atoms with van der Waals surface area (Å²) in [7, 11) is -2.96. The fraction of sp³-hybridized carbons (Fsp3) is 0.462. The van der Waals surface area contributed by atoms with Crippen LogP contribution in [0.3, 0.4) is 0 Å². The largest absolute Gasteiger partial charge is 0.324 e. The Kier molecular flexibility index (Phi) is 3.06. The normalized spacial score (nSPS) is 29.9. The van der Waals surface area contributed by atoms with Crippen LogP contribution in [0.15, 0.2) is 30.3 Å². The summed E-state index contributed by atoms with van der Waals surface area (Å²) < 4.78 is 23.0. The van der Waals surface area contributed by atoms with Crippen LogP contribution in [0.25, 0.3) is 0 Å². The predicted molar refractivity (Wildman–Crippen MR) is 71.1 cm³/mol. The van der Waals surface area contributed by atoms with E-state index in [-0.39, 0.29) is 29.5 Å². The maximum Gasteiger partial charge on any atom is 0.245 e. The van der Waals surface area contributed by atoms with E-state index in [0.717, 1.165) is 5.56 Å². The number of benzene rings is 1. The molecule has 0 bridgehead atoms. The summed E-state index contributed by atoms with van der Waals surface area (Å²) in [5.41, 5.74) is 0.927. The minimum Gasteiger partial charge on any atom is -0.324 e. The number of nitrogens with one attached hydrogen (secondary N) is 1. The third-order valence-electron chi connectivity index (χ3n) is 3.78. The number of carbonyl (C=O) groups excluding carboxylic acids is 1. The van der Waals surface area contributed by atoms with Crippen LogP contribution in [-0.2, 0) is 14.6 Å². The van der Waals surface area contributed by atoms with Gasteiger partial charge in [0.15, 0.2) is 9.84 Å². The van der Waals surface area contributed by atoms with E-state index in [0.29, 0.717) is 13.1 Å². The minimum atomic E-state index is -2.96. The molecule has 102 valence electrons. The molecule has 6 heteroatoms. The van der Waals surface area contributed by atoms with Crippen molar-refractivity contribution in [3.05, 3.63) is 35.9 Å². The van der Waals surface area contributed by atoms with Gasteiger partial charge in [0.2, 0.25) is 5.91 Å². The highest BCUT2D eigenvalue weighted by Crippen LogP contribution is 2.26. The van der Waals surface area contributed by atoms with E-state index in [1.165, 1.54) is 0 Å². The number of carbonyl (C=O) groups is 1. The second-order valence-corrected chi connectivity index (χ2v) is 7.30. The summed E-state index contributed by atoms with van der Waals surface area (Å²) in [6, 6.07) is 9.00. The molecular weight excluding hydrogens is 264 g/mol. The molecule has 1 N–H and O–H groups in total. The van der Waals surface area contributed by atoms with Gasteiger partial charge in [-0.05, 0) is 12.0 Å². The van der Waals surface area contributed by atoms with E-state index in [2.05, 4.69) is 5.32 Å². The molecule has 2 unspecified atom stereocenters. The van der Waals surface area contributed by atoms with Crippen molar-refractivity contribution in [1.29, 1.82) is 0 Å². The van der Waals surface area contributed by atoms with Crippen LogP contribution in [0.5, 0.6) is 0 Å². The minimum absolute atomic E-state index is 0.0201. The van der Waals surface area contributed by atoms with Crippen molar-refractivity contribution < 1.29 is 13.2 Å². The van der Waals surface area contributed by atoms with Crippen molar-refractivity contribution in [1.82, 2.24) is 10.2 Å². The zero-order chi connectivity index (χ0) is 13.5. The summed E-state index contributed by atoms with van der Waals surface area (Å²) in [6.07, 6.45) is 0.553. The van der Waals surface area contributed by atoms with Crippen molar-refractivity contribution in [2.45, 2.75) is 18.5 Å². The molecule has 2 aliphatic heterocycles. The smallest absolute Gasteiger partial charge is 0.245 e. The molecular formula is C13H16N2O3S. The summed E-state index contributed by atoms with van der Waals surface area (Å²) in [5, 5.41) is 3.16. The molecule has 0 aromatic heterocycles. The summed E-state index contributed by atoms with van der Waals surface area (Å²) >= 11 is 0. The van der Waals surface area contributed by atoms with Crippen LogP contribution in [0.2, 0.25) is 0 Å². The molecule has 1 aromatic carbocycles. The molecule has 2 atom stereocenters. The molecule has 0 radical (unpaired) electrons. The number of hydrogen-bond acceptors (Lipinski definition) is 4. The summed E-state index contributed by atoms with van der Waals surface area (Å²) in [5.74, 6) is 0.271. The van der Waals surface area contributed by atoms with Crippen molar-refractivity contribution in [2.24, 2.45) is 0 Å². The highest BCUT2D eigenvalue weighted by molar-refractivity contribution is 7.91. The summed E-state index contributed by atoms with van der Waals surface area (Å²) in [6.45, 7) is 0.429. The molecule has 2 fully saturated rings. The maximum atomic E-state index is 12.4. The van der Waals surface area contributed by atoms with E-state index in [1.54, 1.807) is 4.90 Å². The van der Waals surface area contributed by atoms with Crippen LogP contribution in [0.1, 0.15) is 18.0 Å². The van der Waals surface area contributed by atoms with E-state index in [9.17, 15) is 13.2 Å². The molecule has 3 rings (SSSR count). The van der Waals surface area contributed by atoms with Crippen molar-refractivity contribution in [3.8, 4) is 0 Å². The highest BCUT2D eigenvalue weighted by atomic mass is 32.2. The van der Waals surface area contributed by atoms with Gasteiger partial charge in [-0.15, -0.1) is 0 Å². The molecule has 0 spiro atoms. The quantitative estimate of drug-likeness (QED) is 0.846. The molecule has 1 amide bonds. The summed E-state index contributed by atoms with van der Waals surface area (Å²) in [4.78, 5) is 14.0. The van der Waals surface area contributed by atoms with Crippen LogP contribution >= 0.6 is 0 Å². The standard InChI is InChI=1S/C13H16N2O3S/c16-13-12(10-4-2-1-3-5-10)14-9-15(13)11-6-7-19(17,18)8-11/h1-5,11-12,14H,6-9H2. The van der Waals surface area contributed by atoms with Gasteiger partial charge in [-0.25, -0.2) is 8.42 Å². The van der Waals surface area contributed by atoms with Gasteiger partial charge in [-0.1, -0.05) is 30.3 Å². The van der Waals surface area contributed by atoms with Gasteiger partial charge in [0.25, 0.3) is 0 Å². The first-order valence-electron chi connectivity index (χ1n) is 6.36. The van der Waals surface area contributed by atoms with Crippen molar-refractivity contribution >= 4 is 15.7 Å². The maximum absolute atomic E-state index is 12.4. The Labute approximate surface area is 112 Å². The lowest BCUT2D eigenvalue weighted by Gasteiger charge is -2.21. The number of nitrogens with zero attached hydrogens (tertiary/aromatic N) is 1. The van der Waals surface area contributed by atoms with E-state index in [1.807, 2.05) is 30.3 Å². The van der Waals surface area contributed by atoms with Gasteiger partial charge in [-0.3, -0.25) is 10.1 Å². The Bertz CT molecular complexity index is 585. The molecule has 2 saturated heterocycles. The van der Waals surface area contributed by atoms with Crippen LogP contribution < -0.4 is 5.32 Å². The number of sulfone groups is 1. The van der Waals surface area contributed by atoms with Crippen molar-refractivity contribution in [2.75, 3.05) is 18.2 Å². The molecule has 2 aliphatic rings. The average Bonchev–Trinajstić information content (AvgIpc) is 2.93.